The molecule has 1 amide bonds. The van der Waals surface area contributed by atoms with Crippen LogP contribution in [0.15, 0.2) is 23.7 Å². The van der Waals surface area contributed by atoms with Gasteiger partial charge in [-0.05, 0) is 59.3 Å². The Hall–Kier alpha value is -2.41. The first-order valence-electron chi connectivity index (χ1n) is 13.9. The number of aromatic nitrogens is 1. The van der Waals surface area contributed by atoms with E-state index in [1.54, 1.807) is 6.92 Å². The third-order valence-electron chi connectivity index (χ3n) is 7.51. The number of carbonyl (C=O) groups excluding carboxylic acids is 2. The fourth-order valence-electron chi connectivity index (χ4n) is 5.39. The van der Waals surface area contributed by atoms with Gasteiger partial charge in [-0.15, -0.1) is 0 Å². The molecule has 14 heteroatoms. The van der Waals surface area contributed by atoms with Crippen LogP contribution in [0.4, 0.5) is 13.2 Å². The maximum atomic E-state index is 14.4. The molecule has 1 saturated carbocycles. The van der Waals surface area contributed by atoms with Crippen LogP contribution in [0.1, 0.15) is 71.0 Å². The highest BCUT2D eigenvalue weighted by Crippen LogP contribution is 2.35. The van der Waals surface area contributed by atoms with Crippen molar-refractivity contribution in [3.8, 4) is 0 Å². The number of carbonyl (C=O) groups is 2. The predicted octanol–water partition coefficient (Wildman–Crippen LogP) is 5.39. The number of amides is 1. The lowest BCUT2D eigenvalue weighted by atomic mass is 9.86. The van der Waals surface area contributed by atoms with Crippen LogP contribution in [0, 0.1) is 11.3 Å². The molecule has 2 aliphatic rings. The van der Waals surface area contributed by atoms with Gasteiger partial charge in [0.15, 0.2) is 0 Å². The van der Waals surface area contributed by atoms with Crippen LogP contribution in [0.25, 0.3) is 0 Å². The van der Waals surface area contributed by atoms with Gasteiger partial charge in [-0.1, -0.05) is 23.2 Å². The van der Waals surface area contributed by atoms with E-state index in [9.17, 15) is 27.9 Å². The molecule has 1 saturated heterocycles. The van der Waals surface area contributed by atoms with Gasteiger partial charge in [-0.3, -0.25) is 14.6 Å². The average molecular weight is 638 g/mol. The van der Waals surface area contributed by atoms with Crippen molar-refractivity contribution in [3.63, 3.8) is 0 Å². The highest BCUT2D eigenvalue weighted by Gasteiger charge is 2.42. The second-order valence-corrected chi connectivity index (χ2v) is 12.0. The van der Waals surface area contributed by atoms with Gasteiger partial charge < -0.3 is 30.2 Å². The molecular weight excluding hydrogens is 600 g/mol. The van der Waals surface area contributed by atoms with Crippen LogP contribution >= 0.6 is 23.2 Å². The number of alkyl halides is 3. The Morgan fingerprint density at radius 2 is 1.86 bits per heavy atom. The summed E-state index contributed by atoms with van der Waals surface area (Å²) in [5.41, 5.74) is -2.68. The third kappa shape index (κ3) is 8.81. The number of nitrogens with zero attached hydrogens (tertiary/aromatic N) is 2. The first-order chi connectivity index (χ1) is 19.7. The normalized spacial score (nSPS) is 23.5. The summed E-state index contributed by atoms with van der Waals surface area (Å²) < 4.78 is 54.2. The molecule has 0 aromatic carbocycles. The van der Waals surface area contributed by atoms with Gasteiger partial charge in [-0.2, -0.15) is 13.2 Å². The van der Waals surface area contributed by atoms with Crippen LogP contribution in [-0.4, -0.2) is 76.7 Å². The van der Waals surface area contributed by atoms with Gasteiger partial charge in [0.1, 0.15) is 5.70 Å². The Morgan fingerprint density at radius 3 is 2.36 bits per heavy atom. The van der Waals surface area contributed by atoms with Gasteiger partial charge in [-0.25, -0.2) is 0 Å². The zero-order chi connectivity index (χ0) is 31.2. The highest BCUT2D eigenvalue weighted by atomic mass is 35.5. The number of pyridine rings is 1. The van der Waals surface area contributed by atoms with E-state index in [1.165, 1.54) is 12.4 Å². The van der Waals surface area contributed by atoms with E-state index in [0.717, 1.165) is 4.90 Å². The Morgan fingerprint density at radius 1 is 1.24 bits per heavy atom. The smallest absolute Gasteiger partial charge is 0.431 e. The first-order valence-corrected chi connectivity index (χ1v) is 14.6. The number of hydrogen-bond donors (Lipinski definition) is 3. The molecular formula is C28H37Cl2F3N4O5. The maximum Gasteiger partial charge on any atom is 0.431 e. The van der Waals surface area contributed by atoms with Crippen LogP contribution in [0.3, 0.4) is 0 Å². The molecule has 2 fully saturated rings. The number of allylic oxidation sites excluding steroid dienone is 1. The molecule has 1 aliphatic heterocycles. The molecule has 234 valence electrons. The first kappa shape index (κ1) is 34.1. The number of esters is 1. The van der Waals surface area contributed by atoms with E-state index in [4.69, 9.17) is 38.1 Å². The highest BCUT2D eigenvalue weighted by molar-refractivity contribution is 6.35. The Labute approximate surface area is 253 Å². The largest absolute Gasteiger partial charge is 0.466 e. The molecule has 3 rings (SSSR count). The van der Waals surface area contributed by atoms with E-state index < -0.39 is 59.7 Å². The van der Waals surface area contributed by atoms with Gasteiger partial charge in [0.05, 0.1) is 52.5 Å². The number of halogens is 5. The van der Waals surface area contributed by atoms with Crippen molar-refractivity contribution in [2.24, 2.45) is 5.92 Å². The molecule has 0 radical (unpaired) electrons. The molecule has 0 spiro atoms. The molecule has 1 aromatic rings. The number of rotatable bonds is 11. The van der Waals surface area contributed by atoms with Gasteiger partial charge in [0, 0.05) is 36.8 Å². The van der Waals surface area contributed by atoms with Crippen molar-refractivity contribution in [3.05, 3.63) is 39.3 Å². The Bertz CT molecular complexity index is 1150. The van der Waals surface area contributed by atoms with Crippen LogP contribution < -0.4 is 5.32 Å². The lowest BCUT2D eigenvalue weighted by Gasteiger charge is -2.32. The summed E-state index contributed by atoms with van der Waals surface area (Å²) in [6, 6.07) is -0.678. The molecule has 1 unspecified atom stereocenters. The Kier molecular flexibility index (Phi) is 11.7. The third-order valence-corrected chi connectivity index (χ3v) is 8.11. The number of aliphatic hydroxyl groups is 1. The van der Waals surface area contributed by atoms with Crippen molar-refractivity contribution in [1.29, 1.82) is 5.41 Å². The molecule has 1 aromatic heterocycles. The van der Waals surface area contributed by atoms with Crippen LogP contribution in [-0.2, 0) is 19.1 Å². The average Bonchev–Trinajstić information content (AvgIpc) is 3.25. The van der Waals surface area contributed by atoms with Crippen molar-refractivity contribution < 1.29 is 37.3 Å². The fraction of sp³-hybridized carbons (Fsp3) is 0.643. The van der Waals surface area contributed by atoms with Gasteiger partial charge in [0.25, 0.3) is 5.91 Å². The molecule has 3 N–H and O–H groups in total. The van der Waals surface area contributed by atoms with E-state index >= 15 is 0 Å². The van der Waals surface area contributed by atoms with Gasteiger partial charge >= 0.3 is 12.1 Å². The van der Waals surface area contributed by atoms with Crippen molar-refractivity contribution in [2.45, 2.75) is 89.3 Å². The zero-order valence-electron chi connectivity index (χ0n) is 23.8. The van der Waals surface area contributed by atoms with Crippen LogP contribution in [0.2, 0.25) is 10.0 Å². The minimum Gasteiger partial charge on any atom is -0.466 e. The minimum absolute atomic E-state index is 0.0273. The number of hydrogen-bond acceptors (Lipinski definition) is 8. The summed E-state index contributed by atoms with van der Waals surface area (Å²) in [6.07, 6.45) is -1.72. The molecule has 2 heterocycles. The van der Waals surface area contributed by atoms with Crippen molar-refractivity contribution >= 4 is 41.3 Å². The lowest BCUT2D eigenvalue weighted by Crippen LogP contribution is -2.45. The monoisotopic (exact) mass is 636 g/mol. The standard InChI is InChI=1S/C28H37Cl2F3N4O5/c1-4-41-26(40)16-5-7-17(8-6-16)36-24(28(31,32)33)19(11-34)25(39)37(14-18-9-10-27(2,3)42-18)15-22(38)23-20(29)12-35-13-21(23)30/h11-13,16-18,22,34,36,38H,4-10,14-15H2,1-3H3/b24-19+,34-11?/t16-,17-,18-,22?/m0/s1. The minimum atomic E-state index is -4.99. The summed E-state index contributed by atoms with van der Waals surface area (Å²) in [6.45, 7) is 5.05. The number of nitrogens with one attached hydrogen (secondary N) is 2. The predicted molar refractivity (Wildman–Crippen MR) is 151 cm³/mol. The summed E-state index contributed by atoms with van der Waals surface area (Å²) in [5, 5.41) is 21.4. The molecule has 1 aliphatic carbocycles. The summed E-state index contributed by atoms with van der Waals surface area (Å²) in [7, 11) is 0. The van der Waals surface area contributed by atoms with E-state index in [-0.39, 0.29) is 47.6 Å². The molecule has 9 nitrogen and oxygen atoms in total. The maximum absolute atomic E-state index is 14.4. The molecule has 0 bridgehead atoms. The lowest BCUT2D eigenvalue weighted by molar-refractivity contribution is -0.149. The second-order valence-electron chi connectivity index (χ2n) is 11.2. The summed E-state index contributed by atoms with van der Waals surface area (Å²) in [5.74, 6) is -1.89. The van der Waals surface area contributed by atoms with E-state index in [2.05, 4.69) is 10.3 Å². The van der Waals surface area contributed by atoms with Crippen molar-refractivity contribution in [2.75, 3.05) is 19.7 Å². The van der Waals surface area contributed by atoms with E-state index in [0.29, 0.717) is 31.9 Å². The Balaban J connectivity index is 1.91. The van der Waals surface area contributed by atoms with Crippen molar-refractivity contribution in [1.82, 2.24) is 15.2 Å². The quantitative estimate of drug-likeness (QED) is 0.169. The van der Waals surface area contributed by atoms with Gasteiger partial charge in [0.2, 0.25) is 0 Å². The summed E-state index contributed by atoms with van der Waals surface area (Å²) in [4.78, 5) is 30.7. The number of ether oxygens (including phenoxy) is 2. The van der Waals surface area contributed by atoms with Crippen LogP contribution in [0.5, 0.6) is 0 Å². The fourth-order valence-corrected chi connectivity index (χ4v) is 6.01. The second kappa shape index (κ2) is 14.4. The SMILES string of the molecule is CCOC(=O)[C@H]1CC[C@H](N/C(=C(\C=N)C(=O)N(CC(O)c2c(Cl)cncc2Cl)C[C@@H]2CCC(C)(C)O2)C(F)(F)F)CC1. The molecule has 42 heavy (non-hydrogen) atoms. The van der Waals surface area contributed by atoms with E-state index in [1.807, 2.05) is 13.8 Å². The number of aliphatic hydroxyl groups excluding tert-OH is 1. The topological polar surface area (TPSA) is 125 Å². The summed E-state index contributed by atoms with van der Waals surface area (Å²) >= 11 is 12.4. The zero-order valence-corrected chi connectivity index (χ0v) is 25.3. The molecule has 2 atom stereocenters.